The molecule has 32 heavy (non-hydrogen) atoms. The van der Waals surface area contributed by atoms with Gasteiger partial charge in [-0.15, -0.1) is 0 Å². The Morgan fingerprint density at radius 3 is 2.41 bits per heavy atom. The molecule has 3 aromatic carbocycles. The van der Waals surface area contributed by atoms with Crippen molar-refractivity contribution in [3.8, 4) is 0 Å². The van der Waals surface area contributed by atoms with E-state index in [-0.39, 0.29) is 11.3 Å². The molecule has 0 spiro atoms. The Bertz CT molecular complexity index is 1380. The maximum absolute atomic E-state index is 13.2. The minimum atomic E-state index is -0.898. The van der Waals surface area contributed by atoms with Gasteiger partial charge in [0.15, 0.2) is 5.13 Å². The fraction of sp³-hybridized carbons (Fsp3) is 0.0800. The fourth-order valence-corrected chi connectivity index (χ4v) is 5.08. The number of hydrogen-bond donors (Lipinski definition) is 1. The Hall–Kier alpha value is -3.48. The van der Waals surface area contributed by atoms with Gasteiger partial charge in [-0.3, -0.25) is 14.5 Å². The Balaban J connectivity index is 1.75. The van der Waals surface area contributed by atoms with Gasteiger partial charge < -0.3 is 5.11 Å². The summed E-state index contributed by atoms with van der Waals surface area (Å²) in [5.41, 5.74) is 2.73. The molecule has 1 fully saturated rings. The molecule has 1 saturated heterocycles. The predicted octanol–water partition coefficient (Wildman–Crippen LogP) is 5.88. The third-order valence-electron chi connectivity index (χ3n) is 5.46. The third kappa shape index (κ3) is 3.28. The molecule has 0 saturated carbocycles. The number of amides is 1. The molecule has 0 aliphatic carbocycles. The van der Waals surface area contributed by atoms with Crippen LogP contribution in [0.1, 0.15) is 22.7 Å². The van der Waals surface area contributed by atoms with E-state index in [1.54, 1.807) is 36.4 Å². The lowest BCUT2D eigenvalue weighted by Gasteiger charge is -2.23. The molecule has 1 aliphatic heterocycles. The molecule has 1 amide bonds. The van der Waals surface area contributed by atoms with Crippen molar-refractivity contribution in [2.24, 2.45) is 0 Å². The first kappa shape index (κ1) is 20.4. The highest BCUT2D eigenvalue weighted by atomic mass is 35.5. The van der Waals surface area contributed by atoms with Crippen molar-refractivity contribution in [1.82, 2.24) is 4.98 Å². The van der Waals surface area contributed by atoms with Gasteiger partial charge in [-0.2, -0.15) is 0 Å². The summed E-state index contributed by atoms with van der Waals surface area (Å²) in [6, 6.07) is 20.7. The number of Topliss-reactive ketones (excluding diaryl/α,β-unsaturated/α-hetero) is 1. The highest BCUT2D eigenvalue weighted by molar-refractivity contribution is 7.22. The molecule has 7 heteroatoms. The van der Waals surface area contributed by atoms with Gasteiger partial charge in [0, 0.05) is 10.6 Å². The maximum Gasteiger partial charge on any atom is 0.301 e. The number of carbonyl (C=O) groups excluding carboxylic acids is 2. The molecule has 4 aromatic rings. The lowest BCUT2D eigenvalue weighted by atomic mass is 9.95. The van der Waals surface area contributed by atoms with Crippen LogP contribution in [0.4, 0.5) is 5.13 Å². The summed E-state index contributed by atoms with van der Waals surface area (Å²) in [6.45, 7) is 1.93. The number of thiazole rings is 1. The van der Waals surface area contributed by atoms with Crippen LogP contribution < -0.4 is 4.90 Å². The fourth-order valence-electron chi connectivity index (χ4n) is 3.85. The van der Waals surface area contributed by atoms with Gasteiger partial charge in [0.2, 0.25) is 0 Å². The second-order valence-corrected chi connectivity index (χ2v) is 8.94. The summed E-state index contributed by atoms with van der Waals surface area (Å²) in [4.78, 5) is 32.4. The molecule has 0 bridgehead atoms. The quantitative estimate of drug-likeness (QED) is 0.235. The van der Waals surface area contributed by atoms with E-state index in [0.717, 1.165) is 15.8 Å². The summed E-state index contributed by atoms with van der Waals surface area (Å²) in [5, 5.41) is 11.9. The molecular formula is C25H17ClN2O3S. The summed E-state index contributed by atoms with van der Waals surface area (Å²) < 4.78 is 0.890. The SMILES string of the molecule is Cc1ccc(/C(O)=C2\C(=O)C(=O)N(c3nc4ccccc4s3)[C@@H]2c2ccccc2Cl)cc1. The second-order valence-electron chi connectivity index (χ2n) is 7.52. The van der Waals surface area contributed by atoms with Crippen LogP contribution in [0, 0.1) is 6.92 Å². The van der Waals surface area contributed by atoms with Crippen molar-refractivity contribution >= 4 is 55.7 Å². The lowest BCUT2D eigenvalue weighted by molar-refractivity contribution is -0.132. The number of ketones is 1. The Labute approximate surface area is 193 Å². The van der Waals surface area contributed by atoms with Gasteiger partial charge >= 0.3 is 5.91 Å². The van der Waals surface area contributed by atoms with Crippen LogP contribution in [0.2, 0.25) is 5.02 Å². The van der Waals surface area contributed by atoms with E-state index in [0.29, 0.717) is 21.3 Å². The summed E-state index contributed by atoms with van der Waals surface area (Å²) >= 11 is 7.81. The minimum Gasteiger partial charge on any atom is -0.507 e. The topological polar surface area (TPSA) is 70.5 Å². The molecule has 1 atom stereocenters. The average molecular weight is 461 g/mol. The van der Waals surface area contributed by atoms with Crippen LogP contribution in [0.25, 0.3) is 16.0 Å². The molecule has 0 unspecified atom stereocenters. The van der Waals surface area contributed by atoms with Gasteiger partial charge in [-0.25, -0.2) is 4.98 Å². The lowest BCUT2D eigenvalue weighted by Crippen LogP contribution is -2.29. The molecule has 5 rings (SSSR count). The number of benzene rings is 3. The highest BCUT2D eigenvalue weighted by Gasteiger charge is 2.48. The number of aliphatic hydroxyl groups is 1. The molecule has 1 aromatic heterocycles. The van der Waals surface area contributed by atoms with Crippen molar-refractivity contribution < 1.29 is 14.7 Å². The Morgan fingerprint density at radius 2 is 1.69 bits per heavy atom. The monoisotopic (exact) mass is 460 g/mol. The molecule has 158 valence electrons. The number of fused-ring (bicyclic) bond motifs is 1. The summed E-state index contributed by atoms with van der Waals surface area (Å²) in [5.74, 6) is -1.76. The molecule has 0 radical (unpaired) electrons. The zero-order chi connectivity index (χ0) is 22.4. The molecular weight excluding hydrogens is 444 g/mol. The number of anilines is 1. The first-order valence-corrected chi connectivity index (χ1v) is 11.1. The summed E-state index contributed by atoms with van der Waals surface area (Å²) in [7, 11) is 0. The first-order chi connectivity index (χ1) is 15.5. The van der Waals surface area contributed by atoms with E-state index in [2.05, 4.69) is 4.98 Å². The minimum absolute atomic E-state index is 0.00814. The largest absolute Gasteiger partial charge is 0.507 e. The molecule has 1 aliphatic rings. The Kier molecular flexibility index (Phi) is 5.04. The van der Waals surface area contributed by atoms with Crippen molar-refractivity contribution in [3.05, 3.63) is 100 Å². The van der Waals surface area contributed by atoms with E-state index in [1.165, 1.54) is 16.2 Å². The van der Waals surface area contributed by atoms with Gasteiger partial charge in [-0.1, -0.05) is 83.1 Å². The van der Waals surface area contributed by atoms with Crippen molar-refractivity contribution in [1.29, 1.82) is 0 Å². The van der Waals surface area contributed by atoms with Crippen LogP contribution in [0.15, 0.2) is 78.4 Å². The van der Waals surface area contributed by atoms with Crippen LogP contribution in [-0.2, 0) is 9.59 Å². The van der Waals surface area contributed by atoms with Gasteiger partial charge in [0.1, 0.15) is 5.76 Å². The zero-order valence-electron chi connectivity index (χ0n) is 16.9. The highest BCUT2D eigenvalue weighted by Crippen LogP contribution is 2.45. The van der Waals surface area contributed by atoms with Gasteiger partial charge in [0.05, 0.1) is 21.8 Å². The number of rotatable bonds is 3. The van der Waals surface area contributed by atoms with E-state index in [4.69, 9.17) is 11.6 Å². The third-order valence-corrected chi connectivity index (χ3v) is 6.84. The predicted molar refractivity (Wildman–Crippen MR) is 127 cm³/mol. The van der Waals surface area contributed by atoms with Crippen molar-refractivity contribution in [2.45, 2.75) is 13.0 Å². The average Bonchev–Trinajstić information content (AvgIpc) is 3.33. The van der Waals surface area contributed by atoms with Crippen molar-refractivity contribution in [3.63, 3.8) is 0 Å². The number of hydrogen-bond acceptors (Lipinski definition) is 5. The number of aryl methyl sites for hydroxylation is 1. The molecule has 1 N–H and O–H groups in total. The number of aliphatic hydroxyl groups excluding tert-OH is 1. The van der Waals surface area contributed by atoms with Crippen LogP contribution in [-0.4, -0.2) is 21.8 Å². The van der Waals surface area contributed by atoms with E-state index in [9.17, 15) is 14.7 Å². The summed E-state index contributed by atoms with van der Waals surface area (Å²) in [6.07, 6.45) is 0. The Morgan fingerprint density at radius 1 is 1.00 bits per heavy atom. The second kappa shape index (κ2) is 7.89. The van der Waals surface area contributed by atoms with Gasteiger partial charge in [0.25, 0.3) is 5.78 Å². The number of aromatic nitrogens is 1. The van der Waals surface area contributed by atoms with E-state index in [1.807, 2.05) is 43.3 Å². The number of halogens is 1. The first-order valence-electron chi connectivity index (χ1n) is 9.94. The van der Waals surface area contributed by atoms with Crippen LogP contribution in [0.5, 0.6) is 0 Å². The van der Waals surface area contributed by atoms with Crippen LogP contribution >= 0.6 is 22.9 Å². The number of nitrogens with zero attached hydrogens (tertiary/aromatic N) is 2. The number of para-hydroxylation sites is 1. The standard InChI is InChI=1S/C25H17ClN2O3S/c1-14-10-12-15(13-11-14)22(29)20-21(16-6-2-3-7-17(16)26)28(24(31)23(20)30)25-27-18-8-4-5-9-19(18)32-25/h2-13,21,29H,1H3/b22-20+/t21-/m1/s1. The smallest absolute Gasteiger partial charge is 0.301 e. The van der Waals surface area contributed by atoms with Crippen molar-refractivity contribution in [2.75, 3.05) is 4.90 Å². The normalized spacial score (nSPS) is 17.9. The van der Waals surface area contributed by atoms with Crippen LogP contribution in [0.3, 0.4) is 0 Å². The van der Waals surface area contributed by atoms with Gasteiger partial charge in [-0.05, 0) is 30.7 Å². The molecule has 2 heterocycles. The number of carbonyl (C=O) groups is 2. The zero-order valence-corrected chi connectivity index (χ0v) is 18.5. The molecule has 5 nitrogen and oxygen atoms in total. The maximum atomic E-state index is 13.2. The van der Waals surface area contributed by atoms with E-state index < -0.39 is 17.7 Å². The van der Waals surface area contributed by atoms with E-state index >= 15 is 0 Å².